The number of piperazine rings is 1. The summed E-state index contributed by atoms with van der Waals surface area (Å²) >= 11 is 0. The molecule has 35 heavy (non-hydrogen) atoms. The van der Waals surface area contributed by atoms with Crippen LogP contribution in [0, 0.1) is 5.92 Å². The number of carbonyl (C=O) groups excluding carboxylic acids is 2. The fourth-order valence-electron chi connectivity index (χ4n) is 6.34. The Labute approximate surface area is 211 Å². The smallest absolute Gasteiger partial charge is 0.249 e. The van der Waals surface area contributed by atoms with Crippen LogP contribution in [0.3, 0.4) is 0 Å². The van der Waals surface area contributed by atoms with Crippen molar-refractivity contribution in [1.82, 2.24) is 15.1 Å². The maximum atomic E-state index is 14.0. The summed E-state index contributed by atoms with van der Waals surface area (Å²) in [5.74, 6) is 1.41. The largest absolute Gasteiger partial charge is 0.494 e. The number of ether oxygens (including phenoxy) is 1. The quantitative estimate of drug-likeness (QED) is 0.542. The van der Waals surface area contributed by atoms with Crippen LogP contribution in [0.1, 0.15) is 90.5 Å². The van der Waals surface area contributed by atoms with Gasteiger partial charge in [0.25, 0.3) is 0 Å². The van der Waals surface area contributed by atoms with Gasteiger partial charge in [-0.3, -0.25) is 14.5 Å². The molecule has 2 amide bonds. The fraction of sp³-hybridized carbons (Fsp3) is 0.724. The third kappa shape index (κ3) is 5.37. The number of hydrogen-bond acceptors (Lipinski definition) is 4. The van der Waals surface area contributed by atoms with E-state index in [1.165, 1.54) is 12.0 Å². The molecule has 2 heterocycles. The van der Waals surface area contributed by atoms with E-state index in [0.29, 0.717) is 19.4 Å². The van der Waals surface area contributed by atoms with Crippen molar-refractivity contribution in [2.24, 2.45) is 5.92 Å². The van der Waals surface area contributed by atoms with Crippen LogP contribution >= 0.6 is 0 Å². The maximum absolute atomic E-state index is 14.0. The zero-order valence-electron chi connectivity index (χ0n) is 22.1. The van der Waals surface area contributed by atoms with E-state index >= 15 is 0 Å². The second kappa shape index (κ2) is 11.3. The fourth-order valence-corrected chi connectivity index (χ4v) is 6.34. The molecule has 1 unspecified atom stereocenters. The van der Waals surface area contributed by atoms with Gasteiger partial charge in [-0.25, -0.2) is 0 Å². The zero-order valence-corrected chi connectivity index (χ0v) is 22.1. The molecule has 4 rings (SSSR count). The molecule has 1 aliphatic carbocycles. The Morgan fingerprint density at radius 2 is 1.69 bits per heavy atom. The standard InChI is InChI=1S/C29H45N3O3/c1-4-6-18-32-27(34)28(3,24-10-8-7-9-11-24)30-26(33)29(32)16-19-31(20-17-29)22-23-12-14-25(15-13-23)35-21-5-2/h12-15,24H,4-11,16-22H2,1-3H3,(H,30,33). The molecule has 6 nitrogen and oxygen atoms in total. The molecule has 0 bridgehead atoms. The molecule has 1 spiro atoms. The third-order valence-electron chi connectivity index (χ3n) is 8.64. The summed E-state index contributed by atoms with van der Waals surface area (Å²) in [6, 6.07) is 8.36. The summed E-state index contributed by atoms with van der Waals surface area (Å²) in [4.78, 5) is 32.3. The Morgan fingerprint density at radius 3 is 2.31 bits per heavy atom. The molecule has 0 radical (unpaired) electrons. The number of unbranched alkanes of at least 4 members (excludes halogenated alkanes) is 1. The van der Waals surface area contributed by atoms with Gasteiger partial charge in [0.1, 0.15) is 16.8 Å². The summed E-state index contributed by atoms with van der Waals surface area (Å²) < 4.78 is 5.71. The van der Waals surface area contributed by atoms with Crippen molar-refractivity contribution in [2.45, 2.75) is 103 Å². The summed E-state index contributed by atoms with van der Waals surface area (Å²) in [6.07, 6.45) is 9.99. The summed E-state index contributed by atoms with van der Waals surface area (Å²) in [7, 11) is 0. The van der Waals surface area contributed by atoms with Gasteiger partial charge in [-0.1, -0.05) is 51.7 Å². The van der Waals surface area contributed by atoms with Crippen LogP contribution in [0.2, 0.25) is 0 Å². The molecule has 1 aromatic carbocycles. The van der Waals surface area contributed by atoms with Crippen LogP contribution in [0.4, 0.5) is 0 Å². The minimum Gasteiger partial charge on any atom is -0.494 e. The first-order valence-corrected chi connectivity index (χ1v) is 14.0. The lowest BCUT2D eigenvalue weighted by Crippen LogP contribution is -2.78. The Hall–Kier alpha value is -2.08. The predicted molar refractivity (Wildman–Crippen MR) is 139 cm³/mol. The van der Waals surface area contributed by atoms with Gasteiger partial charge in [0, 0.05) is 26.2 Å². The highest BCUT2D eigenvalue weighted by Crippen LogP contribution is 2.41. The molecular weight excluding hydrogens is 438 g/mol. The maximum Gasteiger partial charge on any atom is 0.249 e. The Kier molecular flexibility index (Phi) is 8.41. The highest BCUT2D eigenvalue weighted by atomic mass is 16.5. The van der Waals surface area contributed by atoms with Crippen LogP contribution in [0.15, 0.2) is 24.3 Å². The lowest BCUT2D eigenvalue weighted by atomic mass is 9.70. The molecule has 1 N–H and O–H groups in total. The van der Waals surface area contributed by atoms with E-state index in [0.717, 1.165) is 76.9 Å². The highest BCUT2D eigenvalue weighted by Gasteiger charge is 2.59. The van der Waals surface area contributed by atoms with Crippen LogP contribution in [-0.4, -0.2) is 58.9 Å². The normalized spacial score (nSPS) is 25.6. The average Bonchev–Trinajstić information content (AvgIpc) is 2.89. The topological polar surface area (TPSA) is 61.9 Å². The first-order chi connectivity index (χ1) is 16.9. The van der Waals surface area contributed by atoms with Crippen molar-refractivity contribution in [3.63, 3.8) is 0 Å². The number of hydrogen-bond donors (Lipinski definition) is 1. The first kappa shape index (κ1) is 26.0. The molecule has 3 fully saturated rings. The van der Waals surface area contributed by atoms with E-state index in [-0.39, 0.29) is 17.7 Å². The van der Waals surface area contributed by atoms with Crippen molar-refractivity contribution < 1.29 is 14.3 Å². The summed E-state index contributed by atoms with van der Waals surface area (Å²) in [5.41, 5.74) is -0.203. The third-order valence-corrected chi connectivity index (χ3v) is 8.64. The minimum absolute atomic E-state index is 0.0818. The van der Waals surface area contributed by atoms with Crippen LogP contribution in [0.5, 0.6) is 5.75 Å². The van der Waals surface area contributed by atoms with Crippen molar-refractivity contribution in [3.8, 4) is 5.75 Å². The van der Waals surface area contributed by atoms with Crippen LogP contribution < -0.4 is 10.1 Å². The Morgan fingerprint density at radius 1 is 1.00 bits per heavy atom. The van der Waals surface area contributed by atoms with E-state index in [4.69, 9.17) is 4.74 Å². The SMILES string of the molecule is CCCCN1C(=O)C(C)(C2CCCCC2)NC(=O)C12CCN(Cc1ccc(OCCC)cc1)CC2. The van der Waals surface area contributed by atoms with E-state index in [9.17, 15) is 9.59 Å². The van der Waals surface area contributed by atoms with Crippen LogP contribution in [-0.2, 0) is 16.1 Å². The minimum atomic E-state index is -0.755. The number of piperidine rings is 1. The first-order valence-electron chi connectivity index (χ1n) is 14.0. The number of benzene rings is 1. The number of nitrogens with zero attached hydrogens (tertiary/aromatic N) is 2. The van der Waals surface area contributed by atoms with Gasteiger partial charge in [0.2, 0.25) is 11.8 Å². The van der Waals surface area contributed by atoms with Gasteiger partial charge in [0.15, 0.2) is 0 Å². The van der Waals surface area contributed by atoms with Gasteiger partial charge in [-0.05, 0) is 69.1 Å². The van der Waals surface area contributed by atoms with Crippen LogP contribution in [0.25, 0.3) is 0 Å². The molecule has 0 aromatic heterocycles. The monoisotopic (exact) mass is 483 g/mol. The number of likely N-dealkylation sites (tertiary alicyclic amines) is 1. The van der Waals surface area contributed by atoms with Gasteiger partial charge >= 0.3 is 0 Å². The highest BCUT2D eigenvalue weighted by molar-refractivity contribution is 6.02. The van der Waals surface area contributed by atoms with Crippen molar-refractivity contribution in [2.75, 3.05) is 26.2 Å². The molecule has 6 heteroatoms. The van der Waals surface area contributed by atoms with Gasteiger partial charge in [-0.2, -0.15) is 0 Å². The molecule has 1 aromatic rings. The molecule has 1 saturated carbocycles. The Bertz CT molecular complexity index is 856. The molecule has 2 aliphatic heterocycles. The lowest BCUT2D eigenvalue weighted by Gasteiger charge is -2.56. The van der Waals surface area contributed by atoms with Crippen molar-refractivity contribution in [3.05, 3.63) is 29.8 Å². The molecular formula is C29H45N3O3. The number of carbonyl (C=O) groups is 2. The molecule has 194 valence electrons. The molecule has 1 atom stereocenters. The lowest BCUT2D eigenvalue weighted by molar-refractivity contribution is -0.169. The second-order valence-electron chi connectivity index (χ2n) is 11.1. The average molecular weight is 484 g/mol. The van der Waals surface area contributed by atoms with E-state index in [1.54, 1.807) is 0 Å². The van der Waals surface area contributed by atoms with Gasteiger partial charge < -0.3 is 15.0 Å². The van der Waals surface area contributed by atoms with E-state index in [1.807, 2.05) is 24.0 Å². The van der Waals surface area contributed by atoms with E-state index in [2.05, 4.69) is 36.2 Å². The van der Waals surface area contributed by atoms with Crippen molar-refractivity contribution in [1.29, 1.82) is 0 Å². The molecule has 2 saturated heterocycles. The van der Waals surface area contributed by atoms with E-state index < -0.39 is 11.1 Å². The number of nitrogens with one attached hydrogen (secondary N) is 1. The number of amides is 2. The summed E-state index contributed by atoms with van der Waals surface area (Å²) in [6.45, 7) is 10.2. The Balaban J connectivity index is 1.45. The number of rotatable bonds is 9. The van der Waals surface area contributed by atoms with Crippen molar-refractivity contribution >= 4 is 11.8 Å². The predicted octanol–water partition coefficient (Wildman–Crippen LogP) is 4.91. The van der Waals surface area contributed by atoms with Gasteiger partial charge in [0.05, 0.1) is 6.61 Å². The second-order valence-corrected chi connectivity index (χ2v) is 11.1. The van der Waals surface area contributed by atoms with Gasteiger partial charge in [-0.15, -0.1) is 0 Å². The zero-order chi connectivity index (χ0) is 24.9. The molecule has 3 aliphatic rings. The summed E-state index contributed by atoms with van der Waals surface area (Å²) in [5, 5.41) is 3.30.